The lowest BCUT2D eigenvalue weighted by Crippen LogP contribution is -2.31. The lowest BCUT2D eigenvalue weighted by Gasteiger charge is -2.06. The Labute approximate surface area is 141 Å². The van der Waals surface area contributed by atoms with E-state index in [-0.39, 0.29) is 12.0 Å². The second-order valence-electron chi connectivity index (χ2n) is 5.26. The molecular formula is C19H20N2O3. The van der Waals surface area contributed by atoms with Crippen LogP contribution < -0.4 is 10.6 Å². The molecule has 24 heavy (non-hydrogen) atoms. The molecule has 0 saturated carbocycles. The topological polar surface area (TPSA) is 67.4 Å². The first-order valence-corrected chi connectivity index (χ1v) is 7.53. The van der Waals surface area contributed by atoms with E-state index >= 15 is 0 Å². The Hall–Kier alpha value is -3.08. The highest BCUT2D eigenvalue weighted by Gasteiger charge is 2.04. The molecule has 0 unspecified atom stereocenters. The number of hydrogen-bond acceptors (Lipinski definition) is 3. The number of ether oxygens (including phenoxy) is 1. The van der Waals surface area contributed by atoms with E-state index in [0.29, 0.717) is 12.1 Å². The Morgan fingerprint density at radius 3 is 2.54 bits per heavy atom. The average molecular weight is 324 g/mol. The number of methoxy groups -OCH3 is 1. The summed E-state index contributed by atoms with van der Waals surface area (Å²) in [6.45, 7) is 2.38. The minimum absolute atomic E-state index is 0.295. The van der Waals surface area contributed by atoms with Gasteiger partial charge in [0.05, 0.1) is 12.7 Å². The fourth-order valence-corrected chi connectivity index (χ4v) is 2.10. The monoisotopic (exact) mass is 324 g/mol. The fourth-order valence-electron chi connectivity index (χ4n) is 2.10. The number of esters is 1. The molecule has 0 radical (unpaired) electrons. The molecule has 5 heteroatoms. The van der Waals surface area contributed by atoms with Crippen molar-refractivity contribution in [1.29, 1.82) is 0 Å². The molecule has 0 heterocycles. The van der Waals surface area contributed by atoms with Crippen molar-refractivity contribution in [2.75, 3.05) is 7.11 Å². The predicted molar refractivity (Wildman–Crippen MR) is 93.4 cm³/mol. The van der Waals surface area contributed by atoms with Gasteiger partial charge < -0.3 is 15.4 Å². The molecule has 0 saturated heterocycles. The van der Waals surface area contributed by atoms with Crippen LogP contribution >= 0.6 is 0 Å². The van der Waals surface area contributed by atoms with Gasteiger partial charge in [0.15, 0.2) is 0 Å². The molecule has 0 fully saturated rings. The van der Waals surface area contributed by atoms with Crippen LogP contribution in [0.25, 0.3) is 6.08 Å². The van der Waals surface area contributed by atoms with Crippen molar-refractivity contribution in [3.8, 4) is 0 Å². The molecule has 0 aliphatic rings. The molecule has 2 amide bonds. The molecule has 0 bridgehead atoms. The number of urea groups is 1. The van der Waals surface area contributed by atoms with Crippen LogP contribution in [0, 0.1) is 6.92 Å². The maximum Gasteiger partial charge on any atom is 0.337 e. The van der Waals surface area contributed by atoms with Gasteiger partial charge in [-0.05, 0) is 36.3 Å². The minimum Gasteiger partial charge on any atom is -0.465 e. The number of benzene rings is 2. The molecular weight excluding hydrogens is 304 g/mol. The van der Waals surface area contributed by atoms with Crippen LogP contribution in [0.3, 0.4) is 0 Å². The summed E-state index contributed by atoms with van der Waals surface area (Å²) < 4.78 is 4.64. The zero-order valence-electron chi connectivity index (χ0n) is 13.7. The van der Waals surface area contributed by atoms with E-state index in [1.54, 1.807) is 30.5 Å². The van der Waals surface area contributed by atoms with Crippen LogP contribution in [0.1, 0.15) is 27.0 Å². The Kier molecular flexibility index (Phi) is 6.14. The third-order valence-electron chi connectivity index (χ3n) is 3.36. The van der Waals surface area contributed by atoms with Crippen molar-refractivity contribution < 1.29 is 14.3 Å². The number of amides is 2. The van der Waals surface area contributed by atoms with Crippen molar-refractivity contribution in [3.05, 3.63) is 77.0 Å². The van der Waals surface area contributed by atoms with Crippen LogP contribution in [0.5, 0.6) is 0 Å². The summed E-state index contributed by atoms with van der Waals surface area (Å²) in [6.07, 6.45) is 3.43. The zero-order valence-corrected chi connectivity index (χ0v) is 13.7. The smallest absolute Gasteiger partial charge is 0.337 e. The van der Waals surface area contributed by atoms with Crippen LogP contribution in [0.2, 0.25) is 0 Å². The van der Waals surface area contributed by atoms with Gasteiger partial charge in [-0.15, -0.1) is 0 Å². The zero-order chi connectivity index (χ0) is 17.4. The van der Waals surface area contributed by atoms with E-state index in [0.717, 1.165) is 16.7 Å². The number of rotatable bonds is 5. The highest BCUT2D eigenvalue weighted by Crippen LogP contribution is 2.06. The summed E-state index contributed by atoms with van der Waals surface area (Å²) in [5, 5.41) is 5.40. The Morgan fingerprint density at radius 1 is 1.12 bits per heavy atom. The maximum absolute atomic E-state index is 11.7. The van der Waals surface area contributed by atoms with Crippen molar-refractivity contribution in [2.24, 2.45) is 0 Å². The highest BCUT2D eigenvalue weighted by atomic mass is 16.5. The molecule has 2 N–H and O–H groups in total. The molecule has 0 aliphatic carbocycles. The van der Waals surface area contributed by atoms with E-state index < -0.39 is 0 Å². The van der Waals surface area contributed by atoms with Gasteiger partial charge in [-0.25, -0.2) is 9.59 Å². The average Bonchev–Trinajstić information content (AvgIpc) is 2.60. The predicted octanol–water partition coefficient (Wildman–Crippen LogP) is 3.25. The van der Waals surface area contributed by atoms with E-state index in [4.69, 9.17) is 0 Å². The van der Waals surface area contributed by atoms with Crippen molar-refractivity contribution in [2.45, 2.75) is 13.5 Å². The quantitative estimate of drug-likeness (QED) is 0.830. The standard InChI is InChI=1S/C19H20N2O3/c1-14-4-3-5-15(12-14)10-11-20-19(23)21-13-16-6-8-17(9-7-16)18(22)24-2/h3-12H,13H2,1-2H3,(H2,20,21,23)/b11-10+. The van der Waals surface area contributed by atoms with Crippen LogP contribution in [-0.4, -0.2) is 19.1 Å². The van der Waals surface area contributed by atoms with E-state index in [1.165, 1.54) is 7.11 Å². The lowest BCUT2D eigenvalue weighted by atomic mass is 10.1. The number of aryl methyl sites for hydroxylation is 1. The highest BCUT2D eigenvalue weighted by molar-refractivity contribution is 5.89. The molecule has 2 aromatic carbocycles. The van der Waals surface area contributed by atoms with Gasteiger partial charge in [0, 0.05) is 12.7 Å². The molecule has 0 aliphatic heterocycles. The number of carbonyl (C=O) groups is 2. The Morgan fingerprint density at radius 2 is 1.88 bits per heavy atom. The van der Waals surface area contributed by atoms with Gasteiger partial charge in [0.2, 0.25) is 0 Å². The molecule has 0 spiro atoms. The second kappa shape index (κ2) is 8.53. The molecule has 2 rings (SSSR count). The van der Waals surface area contributed by atoms with Crippen molar-refractivity contribution >= 4 is 18.1 Å². The van der Waals surface area contributed by atoms with Gasteiger partial charge in [-0.1, -0.05) is 42.0 Å². The number of carbonyl (C=O) groups excluding carboxylic acids is 2. The second-order valence-corrected chi connectivity index (χ2v) is 5.26. The van der Waals surface area contributed by atoms with Crippen LogP contribution in [-0.2, 0) is 11.3 Å². The molecule has 0 aromatic heterocycles. The molecule has 2 aromatic rings. The van der Waals surface area contributed by atoms with Crippen LogP contribution in [0.4, 0.5) is 4.79 Å². The fraction of sp³-hybridized carbons (Fsp3) is 0.158. The normalized spacial score (nSPS) is 10.4. The number of nitrogens with one attached hydrogen (secondary N) is 2. The van der Waals surface area contributed by atoms with Crippen LogP contribution in [0.15, 0.2) is 54.7 Å². The summed E-state index contributed by atoms with van der Waals surface area (Å²) in [5.74, 6) is -0.381. The third-order valence-corrected chi connectivity index (χ3v) is 3.36. The van der Waals surface area contributed by atoms with E-state index in [9.17, 15) is 9.59 Å². The first kappa shape index (κ1) is 17.3. The first-order chi connectivity index (χ1) is 11.6. The maximum atomic E-state index is 11.7. The first-order valence-electron chi connectivity index (χ1n) is 7.53. The van der Waals surface area contributed by atoms with Gasteiger partial charge >= 0.3 is 12.0 Å². The molecule has 5 nitrogen and oxygen atoms in total. The summed E-state index contributed by atoms with van der Waals surface area (Å²) in [6, 6.07) is 14.6. The third kappa shape index (κ3) is 5.28. The minimum atomic E-state index is -0.381. The SMILES string of the molecule is COC(=O)c1ccc(CNC(=O)N/C=C/c2cccc(C)c2)cc1. The van der Waals surface area contributed by atoms with E-state index in [1.807, 2.05) is 37.3 Å². The van der Waals surface area contributed by atoms with Gasteiger partial charge in [-0.2, -0.15) is 0 Å². The van der Waals surface area contributed by atoms with E-state index in [2.05, 4.69) is 15.4 Å². The van der Waals surface area contributed by atoms with Gasteiger partial charge in [-0.3, -0.25) is 0 Å². The summed E-state index contributed by atoms with van der Waals surface area (Å²) in [5.41, 5.74) is 3.55. The summed E-state index contributed by atoms with van der Waals surface area (Å²) in [7, 11) is 1.34. The largest absolute Gasteiger partial charge is 0.465 e. The van der Waals surface area contributed by atoms with Crippen molar-refractivity contribution in [3.63, 3.8) is 0 Å². The van der Waals surface area contributed by atoms with Crippen molar-refractivity contribution in [1.82, 2.24) is 10.6 Å². The van der Waals surface area contributed by atoms with Gasteiger partial charge in [0.1, 0.15) is 0 Å². The molecule has 124 valence electrons. The number of hydrogen-bond donors (Lipinski definition) is 2. The molecule has 0 atom stereocenters. The Balaban J connectivity index is 1.79. The van der Waals surface area contributed by atoms with Gasteiger partial charge in [0.25, 0.3) is 0 Å². The lowest BCUT2D eigenvalue weighted by molar-refractivity contribution is 0.0600. The summed E-state index contributed by atoms with van der Waals surface area (Å²) >= 11 is 0. The summed E-state index contributed by atoms with van der Waals surface area (Å²) in [4.78, 5) is 23.1. The Bertz CT molecular complexity index is 737.